The molecule has 1 fully saturated rings. The molecule has 18 heavy (non-hydrogen) atoms. The molecule has 0 bridgehead atoms. The van der Waals surface area contributed by atoms with Crippen LogP contribution in [0.25, 0.3) is 11.0 Å². The van der Waals surface area contributed by atoms with Gasteiger partial charge in [0.15, 0.2) is 0 Å². The first-order valence-electron chi connectivity index (χ1n) is 6.80. The lowest BCUT2D eigenvalue weighted by atomic mass is 10.2. The first kappa shape index (κ1) is 12.0. The van der Waals surface area contributed by atoms with E-state index in [0.29, 0.717) is 5.88 Å². The summed E-state index contributed by atoms with van der Waals surface area (Å²) in [5.74, 6) is 2.51. The van der Waals surface area contributed by atoms with Crippen molar-refractivity contribution in [1.82, 2.24) is 9.55 Å². The van der Waals surface area contributed by atoms with Gasteiger partial charge in [-0.05, 0) is 37.3 Å². The minimum atomic E-state index is 0.498. The molecule has 1 saturated carbocycles. The van der Waals surface area contributed by atoms with Crippen molar-refractivity contribution in [2.45, 2.75) is 45.0 Å². The van der Waals surface area contributed by atoms with E-state index < -0.39 is 0 Å². The summed E-state index contributed by atoms with van der Waals surface area (Å²) in [6.07, 6.45) is 5.47. The van der Waals surface area contributed by atoms with Gasteiger partial charge in [-0.15, -0.1) is 11.6 Å². The van der Waals surface area contributed by atoms with Gasteiger partial charge in [0.2, 0.25) is 0 Å². The topological polar surface area (TPSA) is 17.8 Å². The summed E-state index contributed by atoms with van der Waals surface area (Å²) < 4.78 is 2.30. The molecule has 96 valence electrons. The zero-order chi connectivity index (χ0) is 12.5. The molecule has 1 aliphatic rings. The molecule has 2 nitrogen and oxygen atoms in total. The number of alkyl halides is 1. The van der Waals surface area contributed by atoms with Crippen molar-refractivity contribution in [3.63, 3.8) is 0 Å². The molecular weight excluding hydrogens is 244 g/mol. The molecule has 0 saturated heterocycles. The van der Waals surface area contributed by atoms with Crippen LogP contribution in [0.3, 0.4) is 0 Å². The number of aromatic nitrogens is 2. The van der Waals surface area contributed by atoms with E-state index in [4.69, 9.17) is 11.6 Å². The summed E-state index contributed by atoms with van der Waals surface area (Å²) in [4.78, 5) is 4.68. The van der Waals surface area contributed by atoms with Crippen LogP contribution in [-0.4, -0.2) is 9.55 Å². The second-order valence-electron chi connectivity index (χ2n) is 5.34. The second-order valence-corrected chi connectivity index (χ2v) is 5.61. The molecule has 3 heteroatoms. The van der Waals surface area contributed by atoms with Crippen LogP contribution >= 0.6 is 11.6 Å². The Labute approximate surface area is 113 Å². The second kappa shape index (κ2) is 4.93. The summed E-state index contributed by atoms with van der Waals surface area (Å²) in [5.41, 5.74) is 3.58. The van der Waals surface area contributed by atoms with Gasteiger partial charge in [0, 0.05) is 6.54 Å². The van der Waals surface area contributed by atoms with Crippen LogP contribution in [0.5, 0.6) is 0 Å². The molecule has 1 heterocycles. The number of aryl methyl sites for hydroxylation is 2. The van der Waals surface area contributed by atoms with E-state index in [0.717, 1.165) is 23.8 Å². The number of hydrogen-bond acceptors (Lipinski definition) is 1. The maximum atomic E-state index is 6.03. The van der Waals surface area contributed by atoms with E-state index >= 15 is 0 Å². The fourth-order valence-corrected chi connectivity index (χ4v) is 2.84. The Kier molecular flexibility index (Phi) is 3.29. The molecule has 1 aromatic heterocycles. The van der Waals surface area contributed by atoms with Crippen LogP contribution in [0.15, 0.2) is 18.2 Å². The van der Waals surface area contributed by atoms with Gasteiger partial charge in [0.05, 0.1) is 16.9 Å². The molecule has 0 aliphatic heterocycles. The van der Waals surface area contributed by atoms with Crippen molar-refractivity contribution in [1.29, 1.82) is 0 Å². The first-order valence-corrected chi connectivity index (χ1v) is 7.33. The van der Waals surface area contributed by atoms with Crippen LogP contribution in [0, 0.1) is 12.8 Å². The third-order valence-electron chi connectivity index (χ3n) is 3.87. The fourth-order valence-electron chi connectivity index (χ4n) is 2.63. The Balaban J connectivity index is 1.89. The monoisotopic (exact) mass is 262 g/mol. The molecule has 0 unspecified atom stereocenters. The van der Waals surface area contributed by atoms with E-state index in [9.17, 15) is 0 Å². The largest absolute Gasteiger partial charge is 0.327 e. The van der Waals surface area contributed by atoms with Crippen molar-refractivity contribution in [3.8, 4) is 0 Å². The molecule has 2 aromatic rings. The summed E-state index contributed by atoms with van der Waals surface area (Å²) in [5, 5.41) is 0. The maximum Gasteiger partial charge on any atom is 0.124 e. The van der Waals surface area contributed by atoms with Gasteiger partial charge in [-0.3, -0.25) is 0 Å². The average molecular weight is 263 g/mol. The van der Waals surface area contributed by atoms with Gasteiger partial charge in [-0.1, -0.05) is 25.0 Å². The Morgan fingerprint density at radius 1 is 1.39 bits per heavy atom. The SMILES string of the molecule is Cc1cccc2c1nc(CCl)n2CCCC1CC1. The van der Waals surface area contributed by atoms with Gasteiger partial charge in [-0.2, -0.15) is 0 Å². The van der Waals surface area contributed by atoms with Gasteiger partial charge < -0.3 is 4.57 Å². The van der Waals surface area contributed by atoms with E-state index in [-0.39, 0.29) is 0 Å². The zero-order valence-electron chi connectivity index (χ0n) is 10.8. The number of imidazole rings is 1. The minimum absolute atomic E-state index is 0.498. The highest BCUT2D eigenvalue weighted by atomic mass is 35.5. The van der Waals surface area contributed by atoms with Crippen molar-refractivity contribution in [2.75, 3.05) is 0 Å². The molecule has 1 aliphatic carbocycles. The van der Waals surface area contributed by atoms with Crippen LogP contribution in [0.2, 0.25) is 0 Å². The standard InChI is InChI=1S/C15H19ClN2/c1-11-4-2-6-13-15(11)17-14(10-16)18(13)9-3-5-12-7-8-12/h2,4,6,12H,3,5,7-10H2,1H3. The minimum Gasteiger partial charge on any atom is -0.327 e. The fraction of sp³-hybridized carbons (Fsp3) is 0.533. The lowest BCUT2D eigenvalue weighted by Gasteiger charge is -2.07. The predicted molar refractivity (Wildman–Crippen MR) is 76.0 cm³/mol. The summed E-state index contributed by atoms with van der Waals surface area (Å²) >= 11 is 6.03. The first-order chi connectivity index (χ1) is 8.79. The number of halogens is 1. The van der Waals surface area contributed by atoms with E-state index in [2.05, 4.69) is 34.7 Å². The molecule has 0 radical (unpaired) electrons. The quantitative estimate of drug-likeness (QED) is 0.736. The van der Waals surface area contributed by atoms with Crippen LogP contribution in [0.4, 0.5) is 0 Å². The molecule has 3 rings (SSSR count). The van der Waals surface area contributed by atoms with Crippen molar-refractivity contribution in [3.05, 3.63) is 29.6 Å². The Bertz CT molecular complexity index is 555. The maximum absolute atomic E-state index is 6.03. The van der Waals surface area contributed by atoms with Crippen LogP contribution in [-0.2, 0) is 12.4 Å². The van der Waals surface area contributed by atoms with Gasteiger partial charge in [-0.25, -0.2) is 4.98 Å². The third-order valence-corrected chi connectivity index (χ3v) is 4.11. The Morgan fingerprint density at radius 2 is 2.22 bits per heavy atom. The Hall–Kier alpha value is -1.02. The predicted octanol–water partition coefficient (Wildman–Crippen LogP) is 4.27. The zero-order valence-corrected chi connectivity index (χ0v) is 11.6. The van der Waals surface area contributed by atoms with Crippen molar-refractivity contribution in [2.24, 2.45) is 5.92 Å². The number of fused-ring (bicyclic) bond motifs is 1. The average Bonchev–Trinajstić information content (AvgIpc) is 3.12. The molecule has 0 spiro atoms. The highest BCUT2D eigenvalue weighted by Gasteiger charge is 2.20. The normalized spacial score (nSPS) is 15.4. The highest BCUT2D eigenvalue weighted by Crippen LogP contribution is 2.34. The van der Waals surface area contributed by atoms with Crippen LogP contribution < -0.4 is 0 Å². The summed E-state index contributed by atoms with van der Waals surface area (Å²) in [6, 6.07) is 6.37. The van der Waals surface area contributed by atoms with Gasteiger partial charge in [0.25, 0.3) is 0 Å². The smallest absolute Gasteiger partial charge is 0.124 e. The van der Waals surface area contributed by atoms with Gasteiger partial charge in [0.1, 0.15) is 5.82 Å². The lowest BCUT2D eigenvalue weighted by Crippen LogP contribution is -2.02. The number of rotatable bonds is 5. The number of benzene rings is 1. The molecular formula is C15H19ClN2. The van der Waals surface area contributed by atoms with Gasteiger partial charge >= 0.3 is 0 Å². The van der Waals surface area contributed by atoms with E-state index in [1.54, 1.807) is 0 Å². The summed E-state index contributed by atoms with van der Waals surface area (Å²) in [6.45, 7) is 3.17. The van der Waals surface area contributed by atoms with Crippen molar-refractivity contribution >= 4 is 22.6 Å². The van der Waals surface area contributed by atoms with E-state index in [1.165, 1.54) is 36.8 Å². The molecule has 1 aromatic carbocycles. The summed E-state index contributed by atoms with van der Waals surface area (Å²) in [7, 11) is 0. The number of nitrogens with zero attached hydrogens (tertiary/aromatic N) is 2. The molecule has 0 amide bonds. The van der Waals surface area contributed by atoms with Crippen LogP contribution in [0.1, 0.15) is 37.1 Å². The van der Waals surface area contributed by atoms with E-state index in [1.807, 2.05) is 0 Å². The molecule has 0 atom stereocenters. The molecule has 0 N–H and O–H groups in total. The lowest BCUT2D eigenvalue weighted by molar-refractivity contribution is 0.576. The van der Waals surface area contributed by atoms with Crippen molar-refractivity contribution < 1.29 is 0 Å². The third kappa shape index (κ3) is 2.26. The highest BCUT2D eigenvalue weighted by molar-refractivity contribution is 6.16. The Morgan fingerprint density at radius 3 is 2.94 bits per heavy atom. The number of para-hydroxylation sites is 1. The number of hydrogen-bond donors (Lipinski definition) is 0.